The maximum atomic E-state index is 12.9. The molecule has 0 spiro atoms. The molecule has 142 valence electrons. The van der Waals surface area contributed by atoms with Gasteiger partial charge in [0.15, 0.2) is 0 Å². The van der Waals surface area contributed by atoms with Crippen molar-refractivity contribution < 1.29 is 9.72 Å². The molecule has 0 aromatic heterocycles. The number of carbonyl (C=O) groups excluding carboxylic acids is 1. The van der Waals surface area contributed by atoms with Crippen LogP contribution >= 0.6 is 0 Å². The molecule has 1 heterocycles. The molecule has 0 N–H and O–H groups in total. The van der Waals surface area contributed by atoms with Gasteiger partial charge in [-0.1, -0.05) is 49.4 Å². The van der Waals surface area contributed by atoms with E-state index < -0.39 is 0 Å². The number of hydrogen-bond donors (Lipinski definition) is 0. The van der Waals surface area contributed by atoms with Crippen LogP contribution in [0.3, 0.4) is 0 Å². The third-order valence-corrected chi connectivity index (χ3v) is 5.12. The van der Waals surface area contributed by atoms with Crippen LogP contribution in [-0.4, -0.2) is 46.8 Å². The minimum Gasteiger partial charge on any atom is -0.340 e. The summed E-state index contributed by atoms with van der Waals surface area (Å²) >= 11 is 0. The lowest BCUT2D eigenvalue weighted by atomic mass is 9.95. The van der Waals surface area contributed by atoms with Crippen molar-refractivity contribution in [2.75, 3.05) is 26.2 Å². The Balaban J connectivity index is 1.57. The summed E-state index contributed by atoms with van der Waals surface area (Å²) in [5.41, 5.74) is 2.12. The Kier molecular flexibility index (Phi) is 6.19. The number of nitrogens with zero attached hydrogens (tertiary/aromatic N) is 3. The number of hydrogen-bond acceptors (Lipinski definition) is 4. The number of piperazine rings is 1. The normalized spacial score (nSPS) is 16.1. The average molecular weight is 367 g/mol. The van der Waals surface area contributed by atoms with Crippen LogP contribution in [0.5, 0.6) is 0 Å². The highest BCUT2D eigenvalue weighted by molar-refractivity contribution is 5.83. The van der Waals surface area contributed by atoms with Crippen LogP contribution in [-0.2, 0) is 11.3 Å². The van der Waals surface area contributed by atoms with Crippen molar-refractivity contribution in [3.63, 3.8) is 0 Å². The van der Waals surface area contributed by atoms with Gasteiger partial charge in [0.05, 0.1) is 10.8 Å². The molecular weight excluding hydrogens is 342 g/mol. The molecule has 1 amide bonds. The fraction of sp³-hybridized carbons (Fsp3) is 0.381. The van der Waals surface area contributed by atoms with E-state index in [2.05, 4.69) is 4.90 Å². The van der Waals surface area contributed by atoms with E-state index in [0.29, 0.717) is 19.6 Å². The van der Waals surface area contributed by atoms with Crippen molar-refractivity contribution in [2.24, 2.45) is 0 Å². The van der Waals surface area contributed by atoms with Crippen molar-refractivity contribution in [2.45, 2.75) is 25.8 Å². The molecule has 2 aromatic rings. The summed E-state index contributed by atoms with van der Waals surface area (Å²) in [6.07, 6.45) is 0.788. The van der Waals surface area contributed by atoms with Gasteiger partial charge in [-0.15, -0.1) is 0 Å². The highest BCUT2D eigenvalue weighted by Gasteiger charge is 2.27. The predicted molar refractivity (Wildman–Crippen MR) is 104 cm³/mol. The number of benzene rings is 2. The van der Waals surface area contributed by atoms with E-state index in [-0.39, 0.29) is 22.4 Å². The molecule has 1 atom stereocenters. The van der Waals surface area contributed by atoms with Crippen LogP contribution in [0.1, 0.15) is 30.4 Å². The van der Waals surface area contributed by atoms with Gasteiger partial charge in [0.2, 0.25) is 5.91 Å². The SMILES string of the molecule is CCC(C(=O)N1CCN(Cc2cccc([N+](=O)[O-])c2)CC1)c1ccccc1. The minimum absolute atomic E-state index is 0.0884. The van der Waals surface area contributed by atoms with E-state index in [1.165, 1.54) is 6.07 Å². The quantitative estimate of drug-likeness (QED) is 0.579. The number of non-ortho nitro benzene ring substituents is 1. The lowest BCUT2D eigenvalue weighted by Gasteiger charge is -2.36. The van der Waals surface area contributed by atoms with Gasteiger partial charge < -0.3 is 4.90 Å². The van der Waals surface area contributed by atoms with Gasteiger partial charge >= 0.3 is 0 Å². The van der Waals surface area contributed by atoms with Gasteiger partial charge in [-0.2, -0.15) is 0 Å². The molecule has 1 aliphatic rings. The Morgan fingerprint density at radius 2 is 1.78 bits per heavy atom. The van der Waals surface area contributed by atoms with E-state index in [1.54, 1.807) is 12.1 Å². The first kappa shape index (κ1) is 19.0. The second-order valence-electron chi connectivity index (χ2n) is 6.90. The standard InChI is InChI=1S/C21H25N3O3/c1-2-20(18-8-4-3-5-9-18)21(25)23-13-11-22(12-14-23)16-17-7-6-10-19(15-17)24(26)27/h3-10,15,20H,2,11-14,16H2,1H3. The van der Waals surface area contributed by atoms with Crippen LogP contribution in [0.15, 0.2) is 54.6 Å². The zero-order valence-electron chi connectivity index (χ0n) is 15.6. The fourth-order valence-corrected chi connectivity index (χ4v) is 3.61. The maximum Gasteiger partial charge on any atom is 0.269 e. The lowest BCUT2D eigenvalue weighted by Crippen LogP contribution is -2.49. The molecule has 1 saturated heterocycles. The molecule has 0 saturated carbocycles. The van der Waals surface area contributed by atoms with Gasteiger partial charge in [-0.3, -0.25) is 19.8 Å². The van der Waals surface area contributed by atoms with E-state index >= 15 is 0 Å². The molecule has 27 heavy (non-hydrogen) atoms. The van der Waals surface area contributed by atoms with Crippen molar-refractivity contribution in [3.8, 4) is 0 Å². The fourth-order valence-electron chi connectivity index (χ4n) is 3.61. The van der Waals surface area contributed by atoms with Gasteiger partial charge in [0, 0.05) is 44.9 Å². The average Bonchev–Trinajstić information content (AvgIpc) is 2.70. The zero-order valence-corrected chi connectivity index (χ0v) is 15.6. The molecule has 6 nitrogen and oxygen atoms in total. The molecular formula is C21H25N3O3. The maximum absolute atomic E-state index is 12.9. The molecule has 1 aliphatic heterocycles. The summed E-state index contributed by atoms with van der Waals surface area (Å²) in [7, 11) is 0. The van der Waals surface area contributed by atoms with Crippen LogP contribution in [0.4, 0.5) is 5.69 Å². The number of carbonyl (C=O) groups is 1. The third kappa shape index (κ3) is 4.71. The Bertz CT molecular complexity index is 786. The third-order valence-electron chi connectivity index (χ3n) is 5.12. The molecule has 0 radical (unpaired) electrons. The summed E-state index contributed by atoms with van der Waals surface area (Å²) in [6.45, 7) is 5.65. The van der Waals surface area contributed by atoms with E-state index in [1.807, 2.05) is 48.2 Å². The van der Waals surface area contributed by atoms with E-state index in [0.717, 1.165) is 30.6 Å². The predicted octanol–water partition coefficient (Wildman–Crippen LogP) is 3.43. The van der Waals surface area contributed by atoms with Crippen molar-refractivity contribution in [1.82, 2.24) is 9.80 Å². The minimum atomic E-state index is -0.366. The van der Waals surface area contributed by atoms with Gasteiger partial charge in [-0.25, -0.2) is 0 Å². The molecule has 2 aromatic carbocycles. The summed E-state index contributed by atoms with van der Waals surface area (Å²) in [6, 6.07) is 16.7. The number of nitro groups is 1. The van der Waals surface area contributed by atoms with E-state index in [4.69, 9.17) is 0 Å². The highest BCUT2D eigenvalue weighted by atomic mass is 16.6. The van der Waals surface area contributed by atoms with Gasteiger partial charge in [-0.05, 0) is 17.5 Å². The Hall–Kier alpha value is -2.73. The Labute approximate surface area is 159 Å². The highest BCUT2D eigenvalue weighted by Crippen LogP contribution is 2.23. The first-order valence-electron chi connectivity index (χ1n) is 9.38. The molecule has 0 bridgehead atoms. The van der Waals surface area contributed by atoms with Crippen LogP contribution < -0.4 is 0 Å². The molecule has 0 aliphatic carbocycles. The monoisotopic (exact) mass is 367 g/mol. The van der Waals surface area contributed by atoms with Gasteiger partial charge in [0.1, 0.15) is 0 Å². The summed E-state index contributed by atoms with van der Waals surface area (Å²) in [4.78, 5) is 27.7. The molecule has 3 rings (SSSR count). The largest absolute Gasteiger partial charge is 0.340 e. The molecule has 6 heteroatoms. The molecule has 1 unspecified atom stereocenters. The van der Waals surface area contributed by atoms with E-state index in [9.17, 15) is 14.9 Å². The van der Waals surface area contributed by atoms with Crippen molar-refractivity contribution in [3.05, 3.63) is 75.8 Å². The topological polar surface area (TPSA) is 66.7 Å². The van der Waals surface area contributed by atoms with Crippen LogP contribution in [0, 0.1) is 10.1 Å². The summed E-state index contributed by atoms with van der Waals surface area (Å²) < 4.78 is 0. The van der Waals surface area contributed by atoms with Crippen molar-refractivity contribution in [1.29, 1.82) is 0 Å². The van der Waals surface area contributed by atoms with Crippen LogP contribution in [0.25, 0.3) is 0 Å². The number of nitro benzene ring substituents is 1. The first-order valence-corrected chi connectivity index (χ1v) is 9.38. The Morgan fingerprint density at radius 1 is 1.07 bits per heavy atom. The van der Waals surface area contributed by atoms with Crippen LogP contribution in [0.2, 0.25) is 0 Å². The first-order chi connectivity index (χ1) is 13.1. The molecule has 1 fully saturated rings. The second-order valence-corrected chi connectivity index (χ2v) is 6.90. The second kappa shape index (κ2) is 8.77. The Morgan fingerprint density at radius 3 is 2.41 bits per heavy atom. The smallest absolute Gasteiger partial charge is 0.269 e. The summed E-state index contributed by atoms with van der Waals surface area (Å²) in [5, 5.41) is 10.9. The van der Waals surface area contributed by atoms with Gasteiger partial charge in [0.25, 0.3) is 5.69 Å². The summed E-state index contributed by atoms with van der Waals surface area (Å²) in [5.74, 6) is 0.105. The number of rotatable bonds is 6. The number of amides is 1. The van der Waals surface area contributed by atoms with Crippen molar-refractivity contribution >= 4 is 11.6 Å². The lowest BCUT2D eigenvalue weighted by molar-refractivity contribution is -0.384. The zero-order chi connectivity index (χ0) is 19.2.